The first-order valence-electron chi connectivity index (χ1n) is 9.71. The third-order valence-corrected chi connectivity index (χ3v) is 4.84. The van der Waals surface area contributed by atoms with Crippen molar-refractivity contribution in [2.75, 3.05) is 13.2 Å². The van der Waals surface area contributed by atoms with Crippen molar-refractivity contribution in [3.8, 4) is 5.69 Å². The van der Waals surface area contributed by atoms with Crippen LogP contribution in [0.4, 0.5) is 0 Å². The summed E-state index contributed by atoms with van der Waals surface area (Å²) in [6.45, 7) is 2.89. The highest BCUT2D eigenvalue weighted by atomic mass is 16.5. The van der Waals surface area contributed by atoms with Gasteiger partial charge in [-0.05, 0) is 38.3 Å². The highest BCUT2D eigenvalue weighted by molar-refractivity contribution is 5.92. The molecule has 144 valence electrons. The van der Waals surface area contributed by atoms with E-state index in [-0.39, 0.29) is 11.1 Å². The Bertz CT molecular complexity index is 811. The van der Waals surface area contributed by atoms with Crippen molar-refractivity contribution in [2.45, 2.75) is 51.6 Å². The fourth-order valence-electron chi connectivity index (χ4n) is 3.37. The Labute approximate surface area is 159 Å². The number of carbonyl (C=O) groups excluding carboxylic acids is 1. The lowest BCUT2D eigenvalue weighted by atomic mass is 9.98. The summed E-state index contributed by atoms with van der Waals surface area (Å²) >= 11 is 0. The number of amides is 1. The largest absolute Gasteiger partial charge is 0.378 e. The Kier molecular flexibility index (Phi) is 6.76. The van der Waals surface area contributed by atoms with Gasteiger partial charge in [-0.2, -0.15) is 5.10 Å². The van der Waals surface area contributed by atoms with Crippen molar-refractivity contribution < 1.29 is 9.53 Å². The molecular formula is C21H27N3O3. The van der Waals surface area contributed by atoms with Gasteiger partial charge in [-0.3, -0.25) is 9.59 Å². The normalized spacial score (nSPS) is 14.9. The average Bonchev–Trinajstić information content (AvgIpc) is 2.69. The molecule has 2 aromatic rings. The minimum absolute atomic E-state index is 0.0855. The molecule has 1 saturated carbocycles. The predicted octanol–water partition coefficient (Wildman–Crippen LogP) is 3.01. The number of aromatic nitrogens is 2. The quantitative estimate of drug-likeness (QED) is 0.762. The first kappa shape index (κ1) is 19.3. The second kappa shape index (κ2) is 9.46. The minimum Gasteiger partial charge on any atom is -0.378 e. The third kappa shape index (κ3) is 5.26. The van der Waals surface area contributed by atoms with Crippen LogP contribution in [0.25, 0.3) is 5.69 Å². The summed E-state index contributed by atoms with van der Waals surface area (Å²) in [6, 6.07) is 10.9. The number of hydrogen-bond donors (Lipinski definition) is 1. The molecule has 27 heavy (non-hydrogen) atoms. The van der Waals surface area contributed by atoms with Crippen LogP contribution in [0.1, 0.15) is 54.7 Å². The second-order valence-electron chi connectivity index (χ2n) is 6.99. The summed E-state index contributed by atoms with van der Waals surface area (Å²) in [7, 11) is 0. The van der Waals surface area contributed by atoms with Gasteiger partial charge in [0.15, 0.2) is 5.69 Å². The summed E-state index contributed by atoms with van der Waals surface area (Å²) in [5, 5.41) is 7.06. The third-order valence-electron chi connectivity index (χ3n) is 4.84. The molecule has 0 unspecified atom stereocenters. The van der Waals surface area contributed by atoms with Gasteiger partial charge >= 0.3 is 0 Å². The van der Waals surface area contributed by atoms with Gasteiger partial charge in [-0.1, -0.05) is 37.5 Å². The van der Waals surface area contributed by atoms with Crippen LogP contribution in [0.5, 0.6) is 0 Å². The number of benzene rings is 1. The second-order valence-corrected chi connectivity index (χ2v) is 6.99. The standard InChI is InChI=1S/C21H27N3O3/c1-16-15-19(25)20(23-24(16)17-9-4-2-5-10-17)21(26)22-13-8-14-27-18-11-6-3-7-12-18/h2,4-5,9-10,15,18H,3,6-8,11-14H2,1H3,(H,22,26). The van der Waals surface area contributed by atoms with E-state index in [1.165, 1.54) is 25.3 Å². The topological polar surface area (TPSA) is 73.2 Å². The van der Waals surface area contributed by atoms with Crippen molar-refractivity contribution in [1.29, 1.82) is 0 Å². The molecule has 1 fully saturated rings. The van der Waals surface area contributed by atoms with Crippen molar-refractivity contribution >= 4 is 5.91 Å². The number of aryl methyl sites for hydroxylation is 1. The maximum atomic E-state index is 12.4. The predicted molar refractivity (Wildman–Crippen MR) is 104 cm³/mol. The molecule has 0 atom stereocenters. The zero-order valence-electron chi connectivity index (χ0n) is 15.8. The van der Waals surface area contributed by atoms with Crippen LogP contribution in [0, 0.1) is 6.92 Å². The molecule has 0 aliphatic heterocycles. The number of carbonyl (C=O) groups is 1. The summed E-state index contributed by atoms with van der Waals surface area (Å²) < 4.78 is 7.47. The molecule has 1 heterocycles. The lowest BCUT2D eigenvalue weighted by Crippen LogP contribution is -2.33. The van der Waals surface area contributed by atoms with E-state index in [9.17, 15) is 9.59 Å². The molecule has 1 aliphatic rings. The number of nitrogens with one attached hydrogen (secondary N) is 1. The number of rotatable bonds is 7. The van der Waals surface area contributed by atoms with Gasteiger partial charge in [0.2, 0.25) is 5.43 Å². The van der Waals surface area contributed by atoms with Crippen molar-refractivity contribution in [2.24, 2.45) is 0 Å². The number of ether oxygens (including phenoxy) is 1. The molecule has 3 rings (SSSR count). The lowest BCUT2D eigenvalue weighted by Gasteiger charge is -2.21. The summed E-state index contributed by atoms with van der Waals surface area (Å²) in [6.07, 6.45) is 7.16. The highest BCUT2D eigenvalue weighted by Crippen LogP contribution is 2.20. The maximum Gasteiger partial charge on any atom is 0.275 e. The van der Waals surface area contributed by atoms with Crippen LogP contribution in [-0.4, -0.2) is 34.9 Å². The van der Waals surface area contributed by atoms with E-state index < -0.39 is 5.91 Å². The molecule has 1 aromatic carbocycles. The maximum absolute atomic E-state index is 12.4. The fraction of sp³-hybridized carbons (Fsp3) is 0.476. The molecule has 1 amide bonds. The van der Waals surface area contributed by atoms with Crippen LogP contribution < -0.4 is 10.7 Å². The SMILES string of the molecule is Cc1cc(=O)c(C(=O)NCCCOC2CCCCC2)nn1-c1ccccc1. The summed E-state index contributed by atoms with van der Waals surface area (Å²) in [5.41, 5.74) is 1.04. The fourth-order valence-corrected chi connectivity index (χ4v) is 3.37. The summed E-state index contributed by atoms with van der Waals surface area (Å²) in [4.78, 5) is 24.6. The van der Waals surface area contributed by atoms with E-state index in [4.69, 9.17) is 4.74 Å². The van der Waals surface area contributed by atoms with Gasteiger partial charge < -0.3 is 10.1 Å². The van der Waals surface area contributed by atoms with Gasteiger partial charge in [-0.15, -0.1) is 0 Å². The number of nitrogens with zero attached hydrogens (tertiary/aromatic N) is 2. The van der Waals surface area contributed by atoms with Crippen molar-refractivity contribution in [3.05, 3.63) is 58.0 Å². The van der Waals surface area contributed by atoms with Crippen molar-refractivity contribution in [3.63, 3.8) is 0 Å². The van der Waals surface area contributed by atoms with E-state index in [1.54, 1.807) is 11.6 Å². The zero-order chi connectivity index (χ0) is 19.1. The molecule has 0 saturated heterocycles. The number of hydrogen-bond acceptors (Lipinski definition) is 4. The van der Waals surface area contributed by atoms with E-state index in [0.29, 0.717) is 24.9 Å². The molecule has 1 aromatic heterocycles. The molecule has 0 radical (unpaired) electrons. The Hall–Kier alpha value is -2.47. The van der Waals surface area contributed by atoms with Gasteiger partial charge in [0.1, 0.15) is 0 Å². The molecule has 0 spiro atoms. The van der Waals surface area contributed by atoms with E-state index in [1.807, 2.05) is 30.3 Å². The van der Waals surface area contributed by atoms with E-state index >= 15 is 0 Å². The first-order chi connectivity index (χ1) is 13.1. The molecule has 6 nitrogen and oxygen atoms in total. The van der Waals surface area contributed by atoms with E-state index in [2.05, 4.69) is 10.4 Å². The van der Waals surface area contributed by atoms with Crippen molar-refractivity contribution in [1.82, 2.24) is 15.1 Å². The van der Waals surface area contributed by atoms with E-state index in [0.717, 1.165) is 24.9 Å². The number of para-hydroxylation sites is 1. The smallest absolute Gasteiger partial charge is 0.275 e. The average molecular weight is 369 g/mol. The summed E-state index contributed by atoms with van der Waals surface area (Å²) in [5.74, 6) is -0.442. The Balaban J connectivity index is 1.55. The van der Waals surface area contributed by atoms with Crippen LogP contribution in [0.3, 0.4) is 0 Å². The first-order valence-corrected chi connectivity index (χ1v) is 9.71. The van der Waals surface area contributed by atoms with Crippen LogP contribution in [-0.2, 0) is 4.74 Å². The van der Waals surface area contributed by atoms with Gasteiger partial charge in [0, 0.05) is 24.9 Å². The monoisotopic (exact) mass is 369 g/mol. The Morgan fingerprint density at radius 1 is 1.22 bits per heavy atom. The molecular weight excluding hydrogens is 342 g/mol. The van der Waals surface area contributed by atoms with Gasteiger partial charge in [-0.25, -0.2) is 4.68 Å². The zero-order valence-corrected chi connectivity index (χ0v) is 15.8. The van der Waals surface area contributed by atoms with Crippen LogP contribution >= 0.6 is 0 Å². The minimum atomic E-state index is -0.442. The highest BCUT2D eigenvalue weighted by Gasteiger charge is 2.16. The molecule has 0 bridgehead atoms. The van der Waals surface area contributed by atoms with Crippen LogP contribution in [0.15, 0.2) is 41.2 Å². The molecule has 1 aliphatic carbocycles. The Morgan fingerprint density at radius 2 is 1.96 bits per heavy atom. The molecule has 6 heteroatoms. The van der Waals surface area contributed by atoms with Gasteiger partial charge in [0.05, 0.1) is 11.8 Å². The Morgan fingerprint density at radius 3 is 2.70 bits per heavy atom. The van der Waals surface area contributed by atoms with Gasteiger partial charge in [0.25, 0.3) is 5.91 Å². The van der Waals surface area contributed by atoms with Crippen LogP contribution in [0.2, 0.25) is 0 Å². The lowest BCUT2D eigenvalue weighted by molar-refractivity contribution is 0.0273. The molecule has 1 N–H and O–H groups in total.